The molecule has 0 aliphatic heterocycles. The van der Waals surface area contributed by atoms with Crippen LogP contribution < -0.4 is 0 Å². The van der Waals surface area contributed by atoms with Crippen LogP contribution in [-0.4, -0.2) is 62.8 Å². The predicted octanol–water partition coefficient (Wildman–Crippen LogP) is 0.368. The molecule has 7 heteroatoms. The summed E-state index contributed by atoms with van der Waals surface area (Å²) in [5.41, 5.74) is 0. The molecule has 0 fully saturated rings. The number of ether oxygens (including phenoxy) is 3. The van der Waals surface area contributed by atoms with Gasteiger partial charge in [-0.15, -0.1) is 0 Å². The van der Waals surface area contributed by atoms with E-state index in [0.717, 1.165) is 0 Å². The topological polar surface area (TPSA) is 82.1 Å². The van der Waals surface area contributed by atoms with Gasteiger partial charge in [-0.05, 0) is 0 Å². The largest absolute Gasteiger partial charge is 0.467 e. The second kappa shape index (κ2) is 12.4. The SMILES string of the molecule is CCC(=O)OCCN(CCOC=O)CCOC(=O)CC. The Bertz CT molecular complexity index is 273. The van der Waals surface area contributed by atoms with Gasteiger partial charge in [-0.3, -0.25) is 19.3 Å². The molecule has 0 saturated heterocycles. The first-order valence-electron chi connectivity index (χ1n) is 6.72. The van der Waals surface area contributed by atoms with Gasteiger partial charge in [0, 0.05) is 32.5 Å². The summed E-state index contributed by atoms with van der Waals surface area (Å²) in [6.07, 6.45) is 0.671. The summed E-state index contributed by atoms with van der Waals surface area (Å²) in [4.78, 5) is 34.0. The standard InChI is InChI=1S/C13H23NO6/c1-3-12(16)19-9-6-14(5-8-18-11-15)7-10-20-13(17)4-2/h11H,3-10H2,1-2H3. The van der Waals surface area contributed by atoms with E-state index in [0.29, 0.717) is 38.9 Å². The Hall–Kier alpha value is -1.63. The van der Waals surface area contributed by atoms with Crippen molar-refractivity contribution in [3.05, 3.63) is 0 Å². The number of esters is 2. The Kier molecular flexibility index (Phi) is 11.4. The molecule has 0 spiro atoms. The first-order valence-corrected chi connectivity index (χ1v) is 6.72. The van der Waals surface area contributed by atoms with E-state index in [1.165, 1.54) is 0 Å². The van der Waals surface area contributed by atoms with Gasteiger partial charge in [-0.25, -0.2) is 0 Å². The van der Waals surface area contributed by atoms with E-state index in [1.807, 2.05) is 4.90 Å². The zero-order chi connectivity index (χ0) is 15.2. The van der Waals surface area contributed by atoms with Crippen LogP contribution in [0.1, 0.15) is 26.7 Å². The second-order valence-electron chi connectivity index (χ2n) is 3.96. The molecule has 0 aromatic carbocycles. The van der Waals surface area contributed by atoms with Crippen LogP contribution in [0.3, 0.4) is 0 Å². The van der Waals surface area contributed by atoms with Crippen molar-refractivity contribution in [3.63, 3.8) is 0 Å². The van der Waals surface area contributed by atoms with Crippen molar-refractivity contribution >= 4 is 18.4 Å². The van der Waals surface area contributed by atoms with Crippen LogP contribution in [0.15, 0.2) is 0 Å². The maximum atomic E-state index is 11.0. The highest BCUT2D eigenvalue weighted by molar-refractivity contribution is 5.69. The van der Waals surface area contributed by atoms with E-state index >= 15 is 0 Å². The van der Waals surface area contributed by atoms with E-state index in [9.17, 15) is 14.4 Å². The lowest BCUT2D eigenvalue weighted by Gasteiger charge is -2.21. The molecule has 0 unspecified atom stereocenters. The number of rotatable bonds is 12. The van der Waals surface area contributed by atoms with Crippen molar-refractivity contribution in [2.75, 3.05) is 39.5 Å². The molecule has 0 saturated carbocycles. The fraction of sp³-hybridized carbons (Fsp3) is 0.769. The van der Waals surface area contributed by atoms with E-state index in [-0.39, 0.29) is 31.8 Å². The highest BCUT2D eigenvalue weighted by atomic mass is 16.5. The summed E-state index contributed by atoms with van der Waals surface area (Å²) in [6, 6.07) is 0. The van der Waals surface area contributed by atoms with Crippen LogP contribution in [0.5, 0.6) is 0 Å². The average molecular weight is 289 g/mol. The molecule has 20 heavy (non-hydrogen) atoms. The smallest absolute Gasteiger partial charge is 0.305 e. The Balaban J connectivity index is 3.95. The quantitative estimate of drug-likeness (QED) is 0.222. The summed E-state index contributed by atoms with van der Waals surface area (Å²) >= 11 is 0. The third-order valence-corrected chi connectivity index (χ3v) is 2.51. The third kappa shape index (κ3) is 10.3. The van der Waals surface area contributed by atoms with Gasteiger partial charge in [0.15, 0.2) is 0 Å². The third-order valence-electron chi connectivity index (χ3n) is 2.51. The van der Waals surface area contributed by atoms with Crippen LogP contribution in [0.25, 0.3) is 0 Å². The molecule has 0 aromatic rings. The Morgan fingerprint density at radius 2 is 1.35 bits per heavy atom. The lowest BCUT2D eigenvalue weighted by molar-refractivity contribution is -0.144. The van der Waals surface area contributed by atoms with Gasteiger partial charge in [0.25, 0.3) is 6.47 Å². The van der Waals surface area contributed by atoms with E-state index in [4.69, 9.17) is 9.47 Å². The summed E-state index contributed by atoms with van der Waals surface area (Å²) in [5.74, 6) is -0.516. The lowest BCUT2D eigenvalue weighted by Crippen LogP contribution is -2.34. The zero-order valence-corrected chi connectivity index (χ0v) is 12.1. The van der Waals surface area contributed by atoms with Crippen LogP contribution >= 0.6 is 0 Å². The number of hydrogen-bond donors (Lipinski definition) is 0. The molecule has 0 radical (unpaired) electrons. The first-order chi connectivity index (χ1) is 9.63. The fourth-order valence-electron chi connectivity index (χ4n) is 1.35. The molecular weight excluding hydrogens is 266 g/mol. The summed E-state index contributed by atoms with van der Waals surface area (Å²) in [6.45, 7) is 6.08. The monoisotopic (exact) mass is 289 g/mol. The number of nitrogens with zero attached hydrogens (tertiary/aromatic N) is 1. The molecular formula is C13H23NO6. The van der Waals surface area contributed by atoms with Gasteiger partial charge in [0.1, 0.15) is 19.8 Å². The Morgan fingerprint density at radius 3 is 1.75 bits per heavy atom. The first kappa shape index (κ1) is 18.4. The van der Waals surface area contributed by atoms with Crippen molar-refractivity contribution in [2.24, 2.45) is 0 Å². The van der Waals surface area contributed by atoms with Crippen LogP contribution in [0.4, 0.5) is 0 Å². The predicted molar refractivity (Wildman–Crippen MR) is 71.0 cm³/mol. The van der Waals surface area contributed by atoms with Gasteiger partial charge < -0.3 is 14.2 Å². The molecule has 0 heterocycles. The zero-order valence-electron chi connectivity index (χ0n) is 12.1. The van der Waals surface area contributed by atoms with Gasteiger partial charge in [-0.2, -0.15) is 0 Å². The van der Waals surface area contributed by atoms with Gasteiger partial charge in [0.05, 0.1) is 0 Å². The molecule has 0 bridgehead atoms. The van der Waals surface area contributed by atoms with Crippen LogP contribution in [0, 0.1) is 0 Å². The molecule has 7 nitrogen and oxygen atoms in total. The molecule has 0 aliphatic rings. The minimum absolute atomic E-state index is 0.243. The summed E-state index contributed by atoms with van der Waals surface area (Å²) in [7, 11) is 0. The van der Waals surface area contributed by atoms with Gasteiger partial charge in [-0.1, -0.05) is 13.8 Å². The number of carbonyl (C=O) groups excluding carboxylic acids is 3. The van der Waals surface area contributed by atoms with E-state index in [1.54, 1.807) is 13.8 Å². The molecule has 0 atom stereocenters. The Morgan fingerprint density at radius 1 is 0.900 bits per heavy atom. The molecule has 0 aliphatic carbocycles. The molecule has 116 valence electrons. The minimum atomic E-state index is -0.258. The van der Waals surface area contributed by atoms with Crippen molar-refractivity contribution in [2.45, 2.75) is 26.7 Å². The molecule has 0 N–H and O–H groups in total. The van der Waals surface area contributed by atoms with Crippen molar-refractivity contribution in [3.8, 4) is 0 Å². The lowest BCUT2D eigenvalue weighted by atomic mass is 10.4. The van der Waals surface area contributed by atoms with Crippen LogP contribution in [0.2, 0.25) is 0 Å². The van der Waals surface area contributed by atoms with E-state index in [2.05, 4.69) is 4.74 Å². The maximum absolute atomic E-state index is 11.0. The molecule has 0 amide bonds. The van der Waals surface area contributed by atoms with Crippen LogP contribution in [-0.2, 0) is 28.6 Å². The van der Waals surface area contributed by atoms with E-state index < -0.39 is 0 Å². The fourth-order valence-corrected chi connectivity index (χ4v) is 1.35. The van der Waals surface area contributed by atoms with Crippen molar-refractivity contribution < 1.29 is 28.6 Å². The van der Waals surface area contributed by atoms with Crippen molar-refractivity contribution in [1.29, 1.82) is 0 Å². The average Bonchev–Trinajstić information content (AvgIpc) is 2.46. The summed E-state index contributed by atoms with van der Waals surface area (Å²) < 4.78 is 14.6. The number of carbonyl (C=O) groups is 3. The number of hydrogen-bond acceptors (Lipinski definition) is 7. The highest BCUT2D eigenvalue weighted by Crippen LogP contribution is 1.93. The Labute approximate surface area is 119 Å². The normalized spacial score (nSPS) is 10.2. The molecule has 0 rings (SSSR count). The second-order valence-corrected chi connectivity index (χ2v) is 3.96. The highest BCUT2D eigenvalue weighted by Gasteiger charge is 2.08. The van der Waals surface area contributed by atoms with Gasteiger partial charge >= 0.3 is 11.9 Å². The maximum Gasteiger partial charge on any atom is 0.305 e. The summed E-state index contributed by atoms with van der Waals surface area (Å²) in [5, 5.41) is 0. The minimum Gasteiger partial charge on any atom is -0.467 e. The van der Waals surface area contributed by atoms with Crippen molar-refractivity contribution in [1.82, 2.24) is 4.90 Å². The molecule has 0 aromatic heterocycles. The van der Waals surface area contributed by atoms with Gasteiger partial charge in [0.2, 0.25) is 0 Å².